The summed E-state index contributed by atoms with van der Waals surface area (Å²) in [6, 6.07) is 0. The normalized spacial score (nSPS) is 10.7. The highest BCUT2D eigenvalue weighted by Gasteiger charge is 2.11. The Bertz CT molecular complexity index is 445. The molecule has 0 saturated heterocycles. The highest BCUT2D eigenvalue weighted by atomic mass is 32.1. The Labute approximate surface area is 116 Å². The summed E-state index contributed by atoms with van der Waals surface area (Å²) in [5, 5.41) is 11.3. The molecule has 1 amide bonds. The van der Waals surface area contributed by atoms with Crippen molar-refractivity contribution >= 4 is 23.2 Å². The van der Waals surface area contributed by atoms with E-state index in [2.05, 4.69) is 4.98 Å². The van der Waals surface area contributed by atoms with Gasteiger partial charge < -0.3 is 10.0 Å². The Kier molecular flexibility index (Phi) is 5.91. The Morgan fingerprint density at radius 2 is 2.05 bits per heavy atom. The summed E-state index contributed by atoms with van der Waals surface area (Å²) in [5.41, 5.74) is 0.874. The average Bonchev–Trinajstić information content (AvgIpc) is 2.73. The number of amides is 1. The van der Waals surface area contributed by atoms with Crippen molar-refractivity contribution in [2.75, 3.05) is 27.7 Å². The number of nitrogens with zero attached hydrogens (tertiary/aromatic N) is 3. The molecular weight excluding hydrogens is 266 g/mol. The van der Waals surface area contributed by atoms with Crippen LogP contribution in [0, 0.1) is 0 Å². The molecule has 106 valence electrons. The fraction of sp³-hybridized carbons (Fsp3) is 0.583. The first-order chi connectivity index (χ1) is 8.88. The molecule has 0 saturated carbocycles. The van der Waals surface area contributed by atoms with Gasteiger partial charge in [0.1, 0.15) is 5.01 Å². The molecule has 19 heavy (non-hydrogen) atoms. The molecule has 1 rings (SSSR count). The maximum absolute atomic E-state index is 11.5. The third-order valence-corrected chi connectivity index (χ3v) is 3.44. The van der Waals surface area contributed by atoms with Gasteiger partial charge in [0, 0.05) is 32.6 Å². The number of hydrogen-bond acceptors (Lipinski definition) is 5. The first-order valence-electron chi connectivity index (χ1n) is 5.92. The van der Waals surface area contributed by atoms with Crippen molar-refractivity contribution < 1.29 is 14.7 Å². The van der Waals surface area contributed by atoms with Gasteiger partial charge in [-0.15, -0.1) is 11.3 Å². The van der Waals surface area contributed by atoms with E-state index in [0.29, 0.717) is 19.5 Å². The summed E-state index contributed by atoms with van der Waals surface area (Å²) in [4.78, 5) is 29.8. The van der Waals surface area contributed by atoms with Crippen LogP contribution >= 0.6 is 11.3 Å². The second-order valence-corrected chi connectivity index (χ2v) is 5.52. The molecule has 0 aliphatic rings. The van der Waals surface area contributed by atoms with Crippen LogP contribution in [0.4, 0.5) is 0 Å². The lowest BCUT2D eigenvalue weighted by molar-refractivity contribution is -0.137. The number of hydrogen-bond donors (Lipinski definition) is 1. The van der Waals surface area contributed by atoms with E-state index in [-0.39, 0.29) is 12.3 Å². The van der Waals surface area contributed by atoms with Gasteiger partial charge in [0.25, 0.3) is 0 Å². The molecule has 6 nitrogen and oxygen atoms in total. The van der Waals surface area contributed by atoms with Crippen LogP contribution in [0.25, 0.3) is 0 Å². The van der Waals surface area contributed by atoms with Gasteiger partial charge in [0.2, 0.25) is 5.91 Å². The Balaban J connectivity index is 2.46. The SMILES string of the molecule is CN(CCC(=O)O)Cc1csc(CC(=O)N(C)C)n1. The van der Waals surface area contributed by atoms with Gasteiger partial charge in [-0.2, -0.15) is 0 Å². The van der Waals surface area contributed by atoms with E-state index in [1.54, 1.807) is 19.0 Å². The number of likely N-dealkylation sites (N-methyl/N-ethyl adjacent to an activating group) is 1. The maximum Gasteiger partial charge on any atom is 0.304 e. The summed E-state index contributed by atoms with van der Waals surface area (Å²) < 4.78 is 0. The first-order valence-corrected chi connectivity index (χ1v) is 6.80. The molecular formula is C12H19N3O3S. The van der Waals surface area contributed by atoms with E-state index in [0.717, 1.165) is 10.7 Å². The summed E-state index contributed by atoms with van der Waals surface area (Å²) in [7, 11) is 5.29. The zero-order chi connectivity index (χ0) is 14.4. The summed E-state index contributed by atoms with van der Waals surface area (Å²) in [6.45, 7) is 1.08. The predicted molar refractivity (Wildman–Crippen MR) is 73.1 cm³/mol. The highest BCUT2D eigenvalue weighted by molar-refractivity contribution is 7.09. The molecule has 1 heterocycles. The second kappa shape index (κ2) is 7.20. The molecule has 0 aliphatic carbocycles. The number of carbonyl (C=O) groups is 2. The lowest BCUT2D eigenvalue weighted by atomic mass is 10.3. The van der Waals surface area contributed by atoms with Crippen LogP contribution in [0.1, 0.15) is 17.1 Å². The third kappa shape index (κ3) is 5.80. The van der Waals surface area contributed by atoms with Gasteiger partial charge >= 0.3 is 5.97 Å². The number of aromatic nitrogens is 1. The van der Waals surface area contributed by atoms with Crippen molar-refractivity contribution in [1.82, 2.24) is 14.8 Å². The van der Waals surface area contributed by atoms with Crippen LogP contribution in [-0.2, 0) is 22.6 Å². The summed E-state index contributed by atoms with van der Waals surface area (Å²) >= 11 is 1.46. The van der Waals surface area contributed by atoms with Crippen molar-refractivity contribution in [3.8, 4) is 0 Å². The number of rotatable bonds is 7. The largest absolute Gasteiger partial charge is 0.481 e. The molecule has 1 aromatic heterocycles. The van der Waals surface area contributed by atoms with E-state index in [1.165, 1.54) is 11.3 Å². The maximum atomic E-state index is 11.5. The molecule has 0 radical (unpaired) electrons. The molecule has 1 N–H and O–H groups in total. The molecule has 0 aliphatic heterocycles. The number of carbonyl (C=O) groups excluding carboxylic acids is 1. The molecule has 7 heteroatoms. The smallest absolute Gasteiger partial charge is 0.304 e. The Hall–Kier alpha value is -1.47. The van der Waals surface area contributed by atoms with Gasteiger partial charge in [-0.3, -0.25) is 14.5 Å². The van der Waals surface area contributed by atoms with E-state index in [4.69, 9.17) is 5.11 Å². The van der Waals surface area contributed by atoms with Crippen molar-refractivity contribution in [3.05, 3.63) is 16.1 Å². The van der Waals surface area contributed by atoms with Gasteiger partial charge in [0.05, 0.1) is 18.5 Å². The minimum Gasteiger partial charge on any atom is -0.481 e. The quantitative estimate of drug-likeness (QED) is 0.797. The van der Waals surface area contributed by atoms with Crippen molar-refractivity contribution in [1.29, 1.82) is 0 Å². The van der Waals surface area contributed by atoms with Crippen molar-refractivity contribution in [2.24, 2.45) is 0 Å². The van der Waals surface area contributed by atoms with Gasteiger partial charge in [-0.25, -0.2) is 4.98 Å². The molecule has 0 atom stereocenters. The fourth-order valence-corrected chi connectivity index (χ4v) is 2.21. The van der Waals surface area contributed by atoms with Crippen LogP contribution < -0.4 is 0 Å². The monoisotopic (exact) mass is 285 g/mol. The molecule has 0 unspecified atom stereocenters. The van der Waals surface area contributed by atoms with E-state index in [9.17, 15) is 9.59 Å². The third-order valence-electron chi connectivity index (χ3n) is 2.54. The van der Waals surface area contributed by atoms with Gasteiger partial charge in [-0.1, -0.05) is 0 Å². The van der Waals surface area contributed by atoms with E-state index in [1.807, 2.05) is 17.3 Å². The highest BCUT2D eigenvalue weighted by Crippen LogP contribution is 2.12. The lowest BCUT2D eigenvalue weighted by Crippen LogP contribution is -2.23. The Morgan fingerprint density at radius 1 is 1.37 bits per heavy atom. The van der Waals surface area contributed by atoms with Crippen molar-refractivity contribution in [3.63, 3.8) is 0 Å². The van der Waals surface area contributed by atoms with Crippen LogP contribution in [0.2, 0.25) is 0 Å². The molecule has 0 bridgehead atoms. The average molecular weight is 285 g/mol. The van der Waals surface area contributed by atoms with Crippen molar-refractivity contribution in [2.45, 2.75) is 19.4 Å². The van der Waals surface area contributed by atoms with Gasteiger partial charge in [-0.05, 0) is 7.05 Å². The number of carboxylic acid groups (broad SMARTS) is 1. The van der Waals surface area contributed by atoms with Crippen LogP contribution in [0.5, 0.6) is 0 Å². The zero-order valence-electron chi connectivity index (χ0n) is 11.4. The van der Waals surface area contributed by atoms with E-state index >= 15 is 0 Å². The molecule has 0 aromatic carbocycles. The minimum absolute atomic E-state index is 0.0279. The zero-order valence-corrected chi connectivity index (χ0v) is 12.2. The molecule has 1 aromatic rings. The fourth-order valence-electron chi connectivity index (χ4n) is 1.43. The topological polar surface area (TPSA) is 73.7 Å². The number of carboxylic acids is 1. The number of thiazole rings is 1. The minimum atomic E-state index is -0.803. The standard InChI is InChI=1S/C12H19N3O3S/c1-14(2)11(16)6-10-13-9(8-19-10)7-15(3)5-4-12(17)18/h8H,4-7H2,1-3H3,(H,17,18). The summed E-state index contributed by atoms with van der Waals surface area (Å²) in [5.74, 6) is -0.775. The second-order valence-electron chi connectivity index (χ2n) is 4.58. The lowest BCUT2D eigenvalue weighted by Gasteiger charge is -2.13. The van der Waals surface area contributed by atoms with Gasteiger partial charge in [0.15, 0.2) is 0 Å². The number of aliphatic carboxylic acids is 1. The molecule has 0 fully saturated rings. The van der Waals surface area contributed by atoms with Crippen LogP contribution in [0.3, 0.4) is 0 Å². The Morgan fingerprint density at radius 3 is 2.63 bits per heavy atom. The first kappa shape index (κ1) is 15.6. The molecule has 0 spiro atoms. The van der Waals surface area contributed by atoms with Crippen LogP contribution in [0.15, 0.2) is 5.38 Å². The summed E-state index contributed by atoms with van der Waals surface area (Å²) in [6.07, 6.45) is 0.434. The predicted octanol–water partition coefficient (Wildman–Crippen LogP) is 0.680. The van der Waals surface area contributed by atoms with Crippen LogP contribution in [-0.4, -0.2) is 59.5 Å². The van der Waals surface area contributed by atoms with E-state index < -0.39 is 5.97 Å².